The molecule has 1 heterocycles. The van der Waals surface area contributed by atoms with Crippen LogP contribution < -0.4 is 5.32 Å². The summed E-state index contributed by atoms with van der Waals surface area (Å²) in [6.07, 6.45) is 5.78. The molecule has 102 valence electrons. The number of methoxy groups -OCH3 is 1. The Morgan fingerprint density at radius 3 is 2.94 bits per heavy atom. The van der Waals surface area contributed by atoms with Crippen LogP contribution in [0.5, 0.6) is 0 Å². The molecule has 0 aliphatic rings. The molecule has 0 aliphatic carbocycles. The molecule has 0 saturated heterocycles. The van der Waals surface area contributed by atoms with Gasteiger partial charge in [-0.25, -0.2) is 0 Å². The first kappa shape index (κ1) is 15.1. The lowest BCUT2D eigenvalue weighted by atomic mass is 10.1. The summed E-state index contributed by atoms with van der Waals surface area (Å²) in [5.41, 5.74) is 1.24. The van der Waals surface area contributed by atoms with Gasteiger partial charge in [0.25, 0.3) is 0 Å². The summed E-state index contributed by atoms with van der Waals surface area (Å²) in [6, 6.07) is 4.41. The maximum Gasteiger partial charge on any atom is 0.0701 e. The van der Waals surface area contributed by atoms with E-state index in [9.17, 15) is 0 Å². The molecule has 1 N–H and O–H groups in total. The van der Waals surface area contributed by atoms with Gasteiger partial charge < -0.3 is 14.8 Å². The maximum atomic E-state index is 5.60. The normalized spacial score (nSPS) is 12.6. The number of nitrogens with zero attached hydrogens (tertiary/aromatic N) is 1. The van der Waals surface area contributed by atoms with E-state index in [1.165, 1.54) is 5.56 Å². The van der Waals surface area contributed by atoms with E-state index in [1.807, 2.05) is 12.3 Å². The summed E-state index contributed by atoms with van der Waals surface area (Å²) in [6.45, 7) is 5.18. The molecule has 1 aromatic rings. The van der Waals surface area contributed by atoms with E-state index in [0.29, 0.717) is 25.9 Å². The molecule has 0 amide bonds. The molecule has 1 aromatic heterocycles. The minimum atomic E-state index is 0.339. The summed E-state index contributed by atoms with van der Waals surface area (Å²) in [7, 11) is 1.69. The Kier molecular flexibility index (Phi) is 8.38. The van der Waals surface area contributed by atoms with Gasteiger partial charge in [-0.2, -0.15) is 0 Å². The van der Waals surface area contributed by atoms with E-state index in [1.54, 1.807) is 13.3 Å². The van der Waals surface area contributed by atoms with Crippen LogP contribution in [0, 0.1) is 0 Å². The van der Waals surface area contributed by atoms with Crippen LogP contribution in [0.2, 0.25) is 0 Å². The van der Waals surface area contributed by atoms with Crippen LogP contribution in [0.1, 0.15) is 18.9 Å². The van der Waals surface area contributed by atoms with E-state index < -0.39 is 0 Å². The molecule has 0 bridgehead atoms. The molecule has 4 heteroatoms. The van der Waals surface area contributed by atoms with Gasteiger partial charge in [0, 0.05) is 25.5 Å². The van der Waals surface area contributed by atoms with Crippen LogP contribution in [-0.4, -0.2) is 44.5 Å². The average molecular weight is 252 g/mol. The third-order valence-electron chi connectivity index (χ3n) is 2.64. The van der Waals surface area contributed by atoms with Gasteiger partial charge in [0.2, 0.25) is 0 Å². The molecular formula is C14H24N2O2. The molecule has 0 fully saturated rings. The second kappa shape index (κ2) is 10.00. The van der Waals surface area contributed by atoms with Gasteiger partial charge >= 0.3 is 0 Å². The van der Waals surface area contributed by atoms with Crippen molar-refractivity contribution < 1.29 is 9.47 Å². The Balaban J connectivity index is 2.35. The predicted molar refractivity (Wildman–Crippen MR) is 72.7 cm³/mol. The zero-order valence-corrected chi connectivity index (χ0v) is 11.4. The van der Waals surface area contributed by atoms with Crippen molar-refractivity contribution in [2.75, 3.05) is 33.5 Å². The Morgan fingerprint density at radius 2 is 2.28 bits per heavy atom. The SMILES string of the molecule is CCCNC(COCCOC)Cc1cccnc1. The van der Waals surface area contributed by atoms with Crippen molar-refractivity contribution in [2.45, 2.75) is 25.8 Å². The second-order valence-electron chi connectivity index (χ2n) is 4.28. The Bertz CT molecular complexity index is 293. The molecule has 0 saturated carbocycles. The number of nitrogens with one attached hydrogen (secondary N) is 1. The van der Waals surface area contributed by atoms with Crippen LogP contribution >= 0.6 is 0 Å². The minimum Gasteiger partial charge on any atom is -0.382 e. The summed E-state index contributed by atoms with van der Waals surface area (Å²) < 4.78 is 10.6. The number of pyridine rings is 1. The van der Waals surface area contributed by atoms with Crippen molar-refractivity contribution in [1.82, 2.24) is 10.3 Å². The molecule has 0 aliphatic heterocycles. The van der Waals surface area contributed by atoms with Crippen molar-refractivity contribution in [3.05, 3.63) is 30.1 Å². The zero-order chi connectivity index (χ0) is 13.1. The minimum absolute atomic E-state index is 0.339. The average Bonchev–Trinajstić information content (AvgIpc) is 2.41. The topological polar surface area (TPSA) is 43.4 Å². The fourth-order valence-corrected chi connectivity index (χ4v) is 1.71. The molecule has 0 aromatic carbocycles. The lowest BCUT2D eigenvalue weighted by Gasteiger charge is -2.18. The highest BCUT2D eigenvalue weighted by molar-refractivity contribution is 5.10. The zero-order valence-electron chi connectivity index (χ0n) is 11.4. The Hall–Kier alpha value is -0.970. The first-order valence-corrected chi connectivity index (χ1v) is 6.55. The quantitative estimate of drug-likeness (QED) is 0.643. The summed E-state index contributed by atoms with van der Waals surface area (Å²) >= 11 is 0. The van der Waals surface area contributed by atoms with Gasteiger partial charge in [-0.3, -0.25) is 4.98 Å². The molecule has 18 heavy (non-hydrogen) atoms. The predicted octanol–water partition coefficient (Wildman–Crippen LogP) is 1.66. The van der Waals surface area contributed by atoms with E-state index >= 15 is 0 Å². The molecular weight excluding hydrogens is 228 g/mol. The van der Waals surface area contributed by atoms with Crippen molar-refractivity contribution in [1.29, 1.82) is 0 Å². The summed E-state index contributed by atoms with van der Waals surface area (Å²) in [5, 5.41) is 3.50. The molecule has 0 radical (unpaired) electrons. The lowest BCUT2D eigenvalue weighted by Crippen LogP contribution is -2.36. The standard InChI is InChI=1S/C14H24N2O2/c1-3-6-16-14(12-18-9-8-17-2)10-13-5-4-7-15-11-13/h4-5,7,11,14,16H,3,6,8-10,12H2,1-2H3. The number of hydrogen-bond acceptors (Lipinski definition) is 4. The van der Waals surface area contributed by atoms with E-state index in [4.69, 9.17) is 9.47 Å². The first-order valence-electron chi connectivity index (χ1n) is 6.55. The summed E-state index contributed by atoms with van der Waals surface area (Å²) in [4.78, 5) is 4.14. The third-order valence-corrected chi connectivity index (χ3v) is 2.64. The van der Waals surface area contributed by atoms with Gasteiger partial charge in [-0.15, -0.1) is 0 Å². The number of aromatic nitrogens is 1. The molecule has 4 nitrogen and oxygen atoms in total. The van der Waals surface area contributed by atoms with Crippen LogP contribution in [0.25, 0.3) is 0 Å². The summed E-state index contributed by atoms with van der Waals surface area (Å²) in [5.74, 6) is 0. The van der Waals surface area contributed by atoms with Crippen LogP contribution in [0.4, 0.5) is 0 Å². The van der Waals surface area contributed by atoms with E-state index in [-0.39, 0.29) is 0 Å². The van der Waals surface area contributed by atoms with Crippen LogP contribution in [-0.2, 0) is 15.9 Å². The monoisotopic (exact) mass is 252 g/mol. The highest BCUT2D eigenvalue weighted by atomic mass is 16.5. The fourth-order valence-electron chi connectivity index (χ4n) is 1.71. The third kappa shape index (κ3) is 6.69. The van der Waals surface area contributed by atoms with Crippen molar-refractivity contribution in [3.8, 4) is 0 Å². The van der Waals surface area contributed by atoms with Gasteiger partial charge in [-0.05, 0) is 31.0 Å². The van der Waals surface area contributed by atoms with Crippen LogP contribution in [0.15, 0.2) is 24.5 Å². The van der Waals surface area contributed by atoms with Gasteiger partial charge in [0.05, 0.1) is 19.8 Å². The molecule has 1 unspecified atom stereocenters. The van der Waals surface area contributed by atoms with Crippen molar-refractivity contribution >= 4 is 0 Å². The highest BCUT2D eigenvalue weighted by Gasteiger charge is 2.09. The van der Waals surface area contributed by atoms with Gasteiger partial charge in [-0.1, -0.05) is 13.0 Å². The van der Waals surface area contributed by atoms with E-state index in [2.05, 4.69) is 23.3 Å². The first-order chi connectivity index (χ1) is 8.86. The highest BCUT2D eigenvalue weighted by Crippen LogP contribution is 2.02. The van der Waals surface area contributed by atoms with E-state index in [0.717, 1.165) is 19.4 Å². The smallest absolute Gasteiger partial charge is 0.0701 e. The molecule has 1 atom stereocenters. The number of rotatable bonds is 10. The molecule has 1 rings (SSSR count). The maximum absolute atomic E-state index is 5.60. The van der Waals surface area contributed by atoms with Gasteiger partial charge in [0.15, 0.2) is 0 Å². The Morgan fingerprint density at radius 1 is 1.39 bits per heavy atom. The van der Waals surface area contributed by atoms with Gasteiger partial charge in [0.1, 0.15) is 0 Å². The lowest BCUT2D eigenvalue weighted by molar-refractivity contribution is 0.0587. The van der Waals surface area contributed by atoms with Crippen molar-refractivity contribution in [3.63, 3.8) is 0 Å². The van der Waals surface area contributed by atoms with Crippen molar-refractivity contribution in [2.24, 2.45) is 0 Å². The largest absolute Gasteiger partial charge is 0.382 e. The number of hydrogen-bond donors (Lipinski definition) is 1. The molecule has 0 spiro atoms. The Labute approximate surface area is 110 Å². The fraction of sp³-hybridized carbons (Fsp3) is 0.643. The number of ether oxygens (including phenoxy) is 2. The second-order valence-corrected chi connectivity index (χ2v) is 4.28. The van der Waals surface area contributed by atoms with Crippen LogP contribution in [0.3, 0.4) is 0 Å².